The van der Waals surface area contributed by atoms with Crippen LogP contribution < -0.4 is 11.1 Å². The summed E-state index contributed by atoms with van der Waals surface area (Å²) in [7, 11) is 0. The van der Waals surface area contributed by atoms with Gasteiger partial charge < -0.3 is 11.1 Å². The third-order valence-corrected chi connectivity index (χ3v) is 4.12. The number of hydrogen-bond acceptors (Lipinski definition) is 1. The second kappa shape index (κ2) is 5.07. The van der Waals surface area contributed by atoms with Gasteiger partial charge in [-0.1, -0.05) is 19.8 Å². The van der Waals surface area contributed by atoms with Gasteiger partial charge in [-0.05, 0) is 43.4 Å². The fourth-order valence-corrected chi connectivity index (χ4v) is 2.45. The Labute approximate surface area is 98.9 Å². The van der Waals surface area contributed by atoms with Crippen LogP contribution in [0.2, 0.25) is 0 Å². The molecule has 0 aromatic carbocycles. The van der Waals surface area contributed by atoms with Gasteiger partial charge in [-0.2, -0.15) is 0 Å². The third kappa shape index (κ3) is 3.13. The van der Waals surface area contributed by atoms with E-state index in [-0.39, 0.29) is 0 Å². The van der Waals surface area contributed by atoms with Gasteiger partial charge in [0.05, 0.1) is 0 Å². The molecule has 2 rings (SSSR count). The summed E-state index contributed by atoms with van der Waals surface area (Å²) in [5.41, 5.74) is 6.40. The van der Waals surface area contributed by atoms with Crippen molar-refractivity contribution in [2.45, 2.75) is 51.9 Å². The molecule has 3 heteroatoms. The maximum atomic E-state index is 5.87. The molecule has 2 saturated carbocycles. The van der Waals surface area contributed by atoms with Crippen molar-refractivity contribution in [1.82, 2.24) is 5.32 Å². The lowest BCUT2D eigenvalue weighted by Crippen LogP contribution is -2.37. The van der Waals surface area contributed by atoms with Gasteiger partial charge >= 0.3 is 0 Å². The number of nitrogens with zero attached hydrogens (tertiary/aromatic N) is 1. The Balaban J connectivity index is 1.65. The van der Waals surface area contributed by atoms with Gasteiger partial charge in [-0.15, -0.1) is 0 Å². The molecule has 0 unspecified atom stereocenters. The van der Waals surface area contributed by atoms with E-state index in [0.717, 1.165) is 19.0 Å². The van der Waals surface area contributed by atoms with Crippen LogP contribution >= 0.6 is 0 Å². The second-order valence-electron chi connectivity index (χ2n) is 5.63. The lowest BCUT2D eigenvalue weighted by atomic mass is 9.85. The first-order valence-corrected chi connectivity index (χ1v) is 6.78. The van der Waals surface area contributed by atoms with Crippen LogP contribution in [0.1, 0.15) is 51.9 Å². The fraction of sp³-hybridized carbons (Fsp3) is 0.923. The molecule has 0 aromatic rings. The number of hydrogen-bond donors (Lipinski definition) is 2. The molecule has 0 bridgehead atoms. The molecule has 0 aromatic heterocycles. The van der Waals surface area contributed by atoms with Gasteiger partial charge in [-0.25, -0.2) is 0 Å². The summed E-state index contributed by atoms with van der Waals surface area (Å²) in [6, 6.07) is 0. The van der Waals surface area contributed by atoms with Crippen molar-refractivity contribution in [3.63, 3.8) is 0 Å². The first kappa shape index (κ1) is 11.7. The molecule has 16 heavy (non-hydrogen) atoms. The predicted molar refractivity (Wildman–Crippen MR) is 68.4 cm³/mol. The largest absolute Gasteiger partial charge is 0.370 e. The van der Waals surface area contributed by atoms with E-state index in [0.29, 0.717) is 11.4 Å². The first-order chi connectivity index (χ1) is 7.74. The number of rotatable bonds is 6. The van der Waals surface area contributed by atoms with Gasteiger partial charge in [-0.3, -0.25) is 4.99 Å². The minimum atomic E-state index is 0.525. The van der Waals surface area contributed by atoms with Gasteiger partial charge in [0.1, 0.15) is 0 Å². The van der Waals surface area contributed by atoms with E-state index in [2.05, 4.69) is 17.2 Å². The Morgan fingerprint density at radius 3 is 2.69 bits per heavy atom. The fourth-order valence-electron chi connectivity index (χ4n) is 2.45. The lowest BCUT2D eigenvalue weighted by molar-refractivity contribution is 0.315. The summed E-state index contributed by atoms with van der Waals surface area (Å²) in [4.78, 5) is 4.49. The highest BCUT2D eigenvalue weighted by Gasteiger charge is 2.41. The Kier molecular flexibility index (Phi) is 3.72. The molecule has 2 aliphatic carbocycles. The molecule has 0 aliphatic heterocycles. The van der Waals surface area contributed by atoms with E-state index in [1.165, 1.54) is 44.9 Å². The molecule has 0 radical (unpaired) electrons. The quantitative estimate of drug-likeness (QED) is 0.536. The van der Waals surface area contributed by atoms with Crippen LogP contribution in [0, 0.1) is 11.3 Å². The number of aliphatic imine (C=N–C) groups is 1. The number of guanidine groups is 1. The summed E-state index contributed by atoms with van der Waals surface area (Å²) in [6.07, 6.45) is 9.39. The molecule has 92 valence electrons. The van der Waals surface area contributed by atoms with Crippen LogP contribution in [0.3, 0.4) is 0 Å². The van der Waals surface area contributed by atoms with Crippen LogP contribution in [0.5, 0.6) is 0 Å². The first-order valence-electron chi connectivity index (χ1n) is 6.78. The van der Waals surface area contributed by atoms with E-state index < -0.39 is 0 Å². The monoisotopic (exact) mass is 223 g/mol. The van der Waals surface area contributed by atoms with Crippen LogP contribution in [-0.4, -0.2) is 19.0 Å². The van der Waals surface area contributed by atoms with E-state index >= 15 is 0 Å². The molecular weight excluding hydrogens is 198 g/mol. The molecule has 2 aliphatic rings. The lowest BCUT2D eigenvalue weighted by Gasteiger charge is -2.25. The van der Waals surface area contributed by atoms with Crippen molar-refractivity contribution in [1.29, 1.82) is 0 Å². The highest BCUT2D eigenvalue weighted by atomic mass is 15.1. The van der Waals surface area contributed by atoms with E-state index in [1.54, 1.807) is 0 Å². The maximum absolute atomic E-state index is 5.87. The summed E-state index contributed by atoms with van der Waals surface area (Å²) in [6.45, 7) is 4.21. The van der Waals surface area contributed by atoms with Crippen LogP contribution in [0.4, 0.5) is 0 Å². The molecule has 0 heterocycles. The van der Waals surface area contributed by atoms with E-state index in [1.807, 2.05) is 0 Å². The number of nitrogens with two attached hydrogens (primary N) is 1. The normalized spacial score (nSPS) is 23.9. The van der Waals surface area contributed by atoms with Gasteiger partial charge in [0, 0.05) is 13.1 Å². The minimum absolute atomic E-state index is 0.525. The molecule has 0 spiro atoms. The summed E-state index contributed by atoms with van der Waals surface area (Å²) in [5, 5.41) is 3.25. The Bertz CT molecular complexity index is 252. The molecule has 3 N–H and O–H groups in total. The van der Waals surface area contributed by atoms with Crippen molar-refractivity contribution < 1.29 is 0 Å². The zero-order valence-corrected chi connectivity index (χ0v) is 10.5. The van der Waals surface area contributed by atoms with Crippen LogP contribution in [0.25, 0.3) is 0 Å². The smallest absolute Gasteiger partial charge is 0.188 e. The maximum Gasteiger partial charge on any atom is 0.188 e. The molecule has 0 amide bonds. The van der Waals surface area contributed by atoms with Crippen molar-refractivity contribution in [3.05, 3.63) is 0 Å². The average Bonchev–Trinajstić information content (AvgIpc) is 2.94. The Morgan fingerprint density at radius 2 is 2.19 bits per heavy atom. The predicted octanol–water partition coefficient (Wildman–Crippen LogP) is 2.27. The van der Waals surface area contributed by atoms with Gasteiger partial charge in [0.25, 0.3) is 0 Å². The van der Waals surface area contributed by atoms with E-state index in [9.17, 15) is 0 Å². The zero-order chi connectivity index (χ0) is 11.4. The number of nitrogens with one attached hydrogen (secondary N) is 1. The minimum Gasteiger partial charge on any atom is -0.370 e. The van der Waals surface area contributed by atoms with Crippen molar-refractivity contribution in [2.75, 3.05) is 13.1 Å². The average molecular weight is 223 g/mol. The summed E-state index contributed by atoms with van der Waals surface area (Å²) in [5.74, 6) is 1.51. The van der Waals surface area contributed by atoms with Gasteiger partial charge in [0.2, 0.25) is 0 Å². The van der Waals surface area contributed by atoms with E-state index in [4.69, 9.17) is 5.73 Å². The second-order valence-corrected chi connectivity index (χ2v) is 5.63. The molecular formula is C13H25N3. The molecule has 0 saturated heterocycles. The highest BCUT2D eigenvalue weighted by Crippen LogP contribution is 2.49. The molecule has 0 atom stereocenters. The van der Waals surface area contributed by atoms with Crippen molar-refractivity contribution in [2.24, 2.45) is 22.1 Å². The third-order valence-electron chi connectivity index (χ3n) is 4.12. The SMILES string of the molecule is CCCC1(CN=C(N)NCC2CCC2)CC1. The summed E-state index contributed by atoms with van der Waals surface area (Å²) < 4.78 is 0. The molecule has 2 fully saturated rings. The highest BCUT2D eigenvalue weighted by molar-refractivity contribution is 5.77. The van der Waals surface area contributed by atoms with Crippen molar-refractivity contribution >= 4 is 5.96 Å². The van der Waals surface area contributed by atoms with Gasteiger partial charge in [0.15, 0.2) is 5.96 Å². The Morgan fingerprint density at radius 1 is 1.44 bits per heavy atom. The topological polar surface area (TPSA) is 50.4 Å². The van der Waals surface area contributed by atoms with Crippen LogP contribution in [-0.2, 0) is 0 Å². The summed E-state index contributed by atoms with van der Waals surface area (Å²) >= 11 is 0. The molecule has 3 nitrogen and oxygen atoms in total. The van der Waals surface area contributed by atoms with Crippen molar-refractivity contribution in [3.8, 4) is 0 Å². The standard InChI is InChI=1S/C13H25N3/c1-2-6-13(7-8-13)10-16-12(14)15-9-11-4-3-5-11/h11H,2-10H2,1H3,(H3,14,15,16). The Hall–Kier alpha value is -0.730. The van der Waals surface area contributed by atoms with Crippen LogP contribution in [0.15, 0.2) is 4.99 Å². The zero-order valence-electron chi connectivity index (χ0n) is 10.5.